The molecule has 0 radical (unpaired) electrons. The third-order valence-corrected chi connectivity index (χ3v) is 15.5. The molecule has 0 amide bonds. The number of rotatable bonds is 8. The van der Waals surface area contributed by atoms with Gasteiger partial charge in [-0.05, 0) is 152 Å². The van der Waals surface area contributed by atoms with Gasteiger partial charge < -0.3 is 43.5 Å². The van der Waals surface area contributed by atoms with E-state index in [2.05, 4.69) is 175 Å². The molecule has 0 atom stereocenters. The van der Waals surface area contributed by atoms with Crippen molar-refractivity contribution in [3.8, 4) is 22.7 Å². The molecule has 2 aromatic heterocycles. The van der Waals surface area contributed by atoms with Crippen molar-refractivity contribution in [3.05, 3.63) is 212 Å². The van der Waals surface area contributed by atoms with Gasteiger partial charge in [-0.2, -0.15) is 71.0 Å². The minimum Gasteiger partial charge on any atom is -0.752 e. The second kappa shape index (κ2) is 44.5. The van der Waals surface area contributed by atoms with Crippen LogP contribution in [0, 0.1) is 83.1 Å². The van der Waals surface area contributed by atoms with Crippen molar-refractivity contribution in [2.24, 2.45) is 9.98 Å². The molecule has 0 saturated heterocycles. The van der Waals surface area contributed by atoms with Crippen LogP contribution in [0.15, 0.2) is 144 Å². The van der Waals surface area contributed by atoms with Crippen molar-refractivity contribution in [1.29, 1.82) is 0 Å². The zero-order chi connectivity index (χ0) is 79.4. The Morgan fingerprint density at radius 2 is 0.562 bits per heavy atom. The van der Waals surface area contributed by atoms with Crippen molar-refractivity contribution in [2.45, 2.75) is 105 Å². The average Bonchev–Trinajstić information content (AvgIpc) is 1.66. The third-order valence-electron chi connectivity index (χ3n) is 12.6. The number of aliphatic imine (C=N–C) groups is 2. The molecule has 0 N–H and O–H groups in total. The van der Waals surface area contributed by atoms with Crippen LogP contribution >= 0.6 is 46.4 Å². The second-order valence-corrected chi connectivity index (χ2v) is 28.9. The summed E-state index contributed by atoms with van der Waals surface area (Å²) in [5, 5.41) is 1.50. The number of aryl methyl sites for hydroxylation is 12. The van der Waals surface area contributed by atoms with Crippen LogP contribution < -0.4 is 9.13 Å². The van der Waals surface area contributed by atoms with E-state index < -0.39 is 62.5 Å². The van der Waals surface area contributed by atoms with Gasteiger partial charge in [0, 0.05) is 10.1 Å². The number of halogens is 16. The van der Waals surface area contributed by atoms with Crippen molar-refractivity contribution in [2.75, 3.05) is 10.7 Å². The van der Waals surface area contributed by atoms with Gasteiger partial charge in [-0.3, -0.25) is 9.98 Å². The molecular weight excluding hydrogens is 2000 g/mol. The first-order valence-corrected chi connectivity index (χ1v) is 36.5. The van der Waals surface area contributed by atoms with Gasteiger partial charge in [0.15, 0.2) is 40.5 Å². The normalized spacial score (nSPS) is 11.8. The van der Waals surface area contributed by atoms with Crippen LogP contribution in [0.5, 0.6) is 0 Å². The van der Waals surface area contributed by atoms with Crippen molar-refractivity contribution in [1.82, 2.24) is 9.13 Å². The number of hydrogen-bond acceptors (Lipinski definition) is 16. The summed E-state index contributed by atoms with van der Waals surface area (Å²) in [5.74, 6) is 1.77. The standard InChI is InChI=1S/2C28H29N3S.2CH2Cl2.4CHF3O3S.2Ag.Au/c2*1-18-14-20(3)25(21(4)15-18)30-12-13-31(26-22(5)16-19(2)17-23(26)6)28(30)27(32)29-24-10-8-7-9-11-24;2*2-1-3;4*2-1(3,4)8(5,6)7;;;/h2*7-17H,1-6H3;2*1H2;4*(H,5,6,7);;;/q;;;;;;;;3*+1/p-4. The molecule has 594 valence electrons. The van der Waals surface area contributed by atoms with Crippen LogP contribution in [-0.4, -0.2) is 104 Å². The molecule has 0 spiro atoms. The number of benzene rings is 6. The van der Waals surface area contributed by atoms with Gasteiger partial charge in [0.2, 0.25) is 0 Å². The van der Waals surface area contributed by atoms with Crippen LogP contribution in [0.1, 0.15) is 78.4 Å². The number of nitrogens with zero attached hydrogens (tertiary/aromatic N) is 6. The Morgan fingerprint density at radius 1 is 0.390 bits per heavy atom. The minimum absolute atomic E-state index is 0. The van der Waals surface area contributed by atoms with Gasteiger partial charge in [-0.25, -0.2) is 33.7 Å². The van der Waals surface area contributed by atoms with E-state index in [1.807, 2.05) is 60.7 Å². The molecule has 8 rings (SSSR count). The Labute approximate surface area is 678 Å². The molecule has 43 heteroatoms. The Hall–Kier alpha value is -4.30. The fourth-order valence-electron chi connectivity index (χ4n) is 9.46. The number of hydrogen-bond donors (Lipinski definition) is 0. The smallest absolute Gasteiger partial charge is 0.752 e. The Morgan fingerprint density at radius 3 is 0.733 bits per heavy atom. The van der Waals surface area contributed by atoms with Gasteiger partial charge in [0.25, 0.3) is 11.6 Å². The summed E-state index contributed by atoms with van der Waals surface area (Å²) < 4.78 is 244. The zero-order valence-corrected chi connectivity index (χ0v) is 69.2. The van der Waals surface area contributed by atoms with Crippen LogP contribution in [0.2, 0.25) is 0 Å². The summed E-state index contributed by atoms with van der Waals surface area (Å²) >= 11 is 31.0. The molecule has 8 aromatic rings. The van der Waals surface area contributed by atoms with Crippen molar-refractivity contribution >= 4 is 134 Å². The third kappa shape index (κ3) is 33.0. The fraction of sp³-hybridized carbons (Fsp3) is 0.290. The SMILES string of the molecule is Cc1cc(C)c(-n2cc[n+](-c3c(C)cc(C)cc3C)c2C([S-])=Nc2ccccc2)c(C)c1.Cc1cc(C)c(-n2cc[n+](-c3c(C)cc(C)cc3C)c2C([S-])=Nc2ccccc2)c(C)c1.ClCCl.ClCCl.O=S(=O)([O-])C(F)(F)F.O=S(=O)([O-])C(F)(F)F.O=S(=O)([O-])C(F)(F)F.O=S(=O)([O-])C(F)(F)F.[Ag+].[Ag+].[Au+]. The predicted molar refractivity (Wildman–Crippen MR) is 368 cm³/mol. The van der Waals surface area contributed by atoms with Gasteiger partial charge in [-0.1, -0.05) is 107 Å². The second-order valence-electron chi connectivity index (χ2n) is 21.0. The van der Waals surface area contributed by atoms with E-state index in [0.29, 0.717) is 10.1 Å². The van der Waals surface area contributed by atoms with E-state index in [0.717, 1.165) is 45.8 Å². The quantitative estimate of drug-likeness (QED) is 0.0158. The molecule has 0 unspecified atom stereocenters. The first-order valence-electron chi connectivity index (χ1n) is 27.9. The van der Waals surface area contributed by atoms with E-state index in [1.54, 1.807) is 0 Å². The summed E-state index contributed by atoms with van der Waals surface area (Å²) in [6.07, 6.45) is 8.41. The van der Waals surface area contributed by atoms with Crippen LogP contribution in [-0.2, 0) is 133 Å². The fourth-order valence-corrected chi connectivity index (χ4v) is 10.1. The van der Waals surface area contributed by atoms with Gasteiger partial charge in [-0.15, -0.1) is 46.4 Å². The molecule has 6 aromatic carbocycles. The molecule has 0 aliphatic rings. The van der Waals surface area contributed by atoms with Crippen molar-refractivity contribution in [3.63, 3.8) is 0 Å². The van der Waals surface area contributed by atoms with E-state index in [9.17, 15) is 52.7 Å². The number of alkyl halides is 16. The first kappa shape index (κ1) is 105. The molecule has 105 heavy (non-hydrogen) atoms. The Balaban J connectivity index is -0.00000131. The van der Waals surface area contributed by atoms with Crippen LogP contribution in [0.3, 0.4) is 0 Å². The number of aromatic nitrogens is 4. The first-order chi connectivity index (χ1) is 46.3. The molecule has 0 aliphatic heterocycles. The summed E-state index contributed by atoms with van der Waals surface area (Å²) in [6.45, 7) is 25.8. The van der Waals surface area contributed by atoms with Crippen LogP contribution in [0.25, 0.3) is 22.7 Å². The molecule has 2 heterocycles. The molecule has 0 aliphatic carbocycles. The maximum atomic E-state index is 10.7. The van der Waals surface area contributed by atoms with Crippen LogP contribution in [0.4, 0.5) is 64.1 Å². The topological polar surface area (TPSA) is 271 Å². The van der Waals surface area contributed by atoms with Gasteiger partial charge in [0.05, 0.1) is 22.1 Å². The Bertz CT molecular complexity index is 4100. The maximum Gasteiger partial charge on any atom is 1.00 e. The van der Waals surface area contributed by atoms with E-state index in [-0.39, 0.29) is 77.8 Å². The largest absolute Gasteiger partial charge is 1.00 e. The van der Waals surface area contributed by atoms with Gasteiger partial charge in [0.1, 0.15) is 47.5 Å². The molecule has 0 saturated carbocycles. The van der Waals surface area contributed by atoms with E-state index in [4.69, 9.17) is 134 Å². The molecule has 0 bridgehead atoms. The number of para-hydroxylation sites is 2. The van der Waals surface area contributed by atoms with E-state index in [1.165, 1.54) is 66.8 Å². The zero-order valence-electron chi connectivity index (χ0n) is 56.1. The van der Waals surface area contributed by atoms with E-state index >= 15 is 0 Å². The van der Waals surface area contributed by atoms with Gasteiger partial charge >= 0.3 is 89.2 Å². The molecular formula is C62H62Ag2AuCl4F12N6O12S6-. The summed E-state index contributed by atoms with van der Waals surface area (Å²) in [4.78, 5) is 9.63. The average molecular weight is 2060 g/mol. The maximum absolute atomic E-state index is 10.7. The van der Waals surface area contributed by atoms with Crippen molar-refractivity contribution < 1.29 is 181 Å². The molecule has 0 fully saturated rings. The minimum atomic E-state index is -6.09. The molecule has 18 nitrogen and oxygen atoms in total. The summed E-state index contributed by atoms with van der Waals surface area (Å²) in [7, 11) is -24.4. The Kier molecular flexibility index (Phi) is 44.5. The predicted octanol–water partition coefficient (Wildman–Crippen LogP) is 15.5. The monoisotopic (exact) mass is 2050 g/mol. The summed E-state index contributed by atoms with van der Waals surface area (Å²) in [5.41, 5.74) is -1.54. The summed E-state index contributed by atoms with van der Waals surface area (Å²) in [6, 6.07) is 37.6. The number of imidazole rings is 2.